The number of carbonyl (C=O) groups excluding carboxylic acids is 1. The molecule has 0 aliphatic rings. The van der Waals surface area contributed by atoms with Crippen molar-refractivity contribution in [1.29, 1.82) is 0 Å². The van der Waals surface area contributed by atoms with Gasteiger partial charge in [-0.1, -0.05) is 48.6 Å². The van der Waals surface area contributed by atoms with E-state index in [9.17, 15) is 4.79 Å². The number of nitrogens with zero attached hydrogens (tertiary/aromatic N) is 3. The summed E-state index contributed by atoms with van der Waals surface area (Å²) in [6, 6.07) is 9.59. The summed E-state index contributed by atoms with van der Waals surface area (Å²) in [5.41, 5.74) is 1.19. The summed E-state index contributed by atoms with van der Waals surface area (Å²) in [6.45, 7) is 3.79. The first-order valence-electron chi connectivity index (χ1n) is 7.59. The lowest BCUT2D eigenvalue weighted by molar-refractivity contribution is 0.166. The van der Waals surface area contributed by atoms with Crippen LogP contribution < -0.4 is 5.32 Å². The van der Waals surface area contributed by atoms with Crippen LogP contribution in [0.3, 0.4) is 0 Å². The molecule has 0 bridgehead atoms. The van der Waals surface area contributed by atoms with Crippen LogP contribution in [0.25, 0.3) is 0 Å². The van der Waals surface area contributed by atoms with Gasteiger partial charge in [-0.3, -0.25) is 5.32 Å². The fourth-order valence-corrected chi connectivity index (χ4v) is 3.11. The zero-order valence-corrected chi connectivity index (χ0v) is 14.4. The van der Waals surface area contributed by atoms with Crippen LogP contribution in [0.4, 0.5) is 9.93 Å². The van der Waals surface area contributed by atoms with Crippen LogP contribution in [0.15, 0.2) is 30.3 Å². The molecule has 0 aliphatic carbocycles. The molecule has 1 aromatic carbocycles. The van der Waals surface area contributed by atoms with E-state index in [1.165, 1.54) is 21.8 Å². The Labute approximate surface area is 140 Å². The molecule has 6 nitrogen and oxygen atoms in total. The van der Waals surface area contributed by atoms with Crippen molar-refractivity contribution in [3.8, 4) is 0 Å². The lowest BCUT2D eigenvalue weighted by atomic mass is 9.97. The maximum atomic E-state index is 12.1. The minimum Gasteiger partial charge on any atom is -0.394 e. The van der Waals surface area contributed by atoms with Crippen molar-refractivity contribution >= 4 is 22.5 Å². The van der Waals surface area contributed by atoms with Gasteiger partial charge >= 0.3 is 6.03 Å². The molecule has 2 rings (SSSR count). The number of rotatable bonds is 6. The first-order chi connectivity index (χ1) is 11.1. The van der Waals surface area contributed by atoms with Crippen LogP contribution in [0.5, 0.6) is 0 Å². The Morgan fingerprint density at radius 1 is 1.35 bits per heavy atom. The summed E-state index contributed by atoms with van der Waals surface area (Å²) < 4.78 is 0. The minimum absolute atomic E-state index is 0.0861. The van der Waals surface area contributed by atoms with Gasteiger partial charge in [-0.05, 0) is 18.9 Å². The van der Waals surface area contributed by atoms with Crippen LogP contribution in [0, 0.1) is 0 Å². The Morgan fingerprint density at radius 3 is 2.65 bits per heavy atom. The molecular formula is C16H22N4O2S. The molecule has 0 radical (unpaired) electrons. The average molecular weight is 334 g/mol. The zero-order valence-electron chi connectivity index (χ0n) is 13.6. The standard InChI is InChI=1S/C16H22N4O2S/c1-4-13(12-8-6-5-7-9-12)14-18-19-15(23-14)17-16(22)20(3)11(2)10-21/h5-9,11,13,21H,4,10H2,1-3H3,(H,17,19,22). The smallest absolute Gasteiger partial charge is 0.323 e. The van der Waals surface area contributed by atoms with Crippen LogP contribution >= 0.6 is 11.3 Å². The van der Waals surface area contributed by atoms with Gasteiger partial charge in [0.25, 0.3) is 0 Å². The summed E-state index contributed by atoms with van der Waals surface area (Å²) in [5.74, 6) is 0.174. The van der Waals surface area contributed by atoms with Gasteiger partial charge < -0.3 is 10.0 Å². The van der Waals surface area contributed by atoms with Gasteiger partial charge in [-0.2, -0.15) is 0 Å². The van der Waals surface area contributed by atoms with Gasteiger partial charge in [0, 0.05) is 13.0 Å². The van der Waals surface area contributed by atoms with Gasteiger partial charge in [-0.25, -0.2) is 4.79 Å². The molecule has 0 spiro atoms. The molecule has 2 atom stereocenters. The van der Waals surface area contributed by atoms with Crippen molar-refractivity contribution in [3.63, 3.8) is 0 Å². The van der Waals surface area contributed by atoms with Crippen molar-refractivity contribution in [1.82, 2.24) is 15.1 Å². The van der Waals surface area contributed by atoms with Gasteiger partial charge in [0.15, 0.2) is 0 Å². The molecule has 1 heterocycles. The lowest BCUT2D eigenvalue weighted by Crippen LogP contribution is -2.40. The maximum Gasteiger partial charge on any atom is 0.323 e. The Morgan fingerprint density at radius 2 is 2.04 bits per heavy atom. The van der Waals surface area contributed by atoms with E-state index in [4.69, 9.17) is 5.11 Å². The topological polar surface area (TPSA) is 78.4 Å². The molecular weight excluding hydrogens is 312 g/mol. The Bertz CT molecular complexity index is 632. The summed E-state index contributed by atoms with van der Waals surface area (Å²) in [7, 11) is 1.64. The van der Waals surface area contributed by atoms with Gasteiger partial charge in [0.05, 0.1) is 12.6 Å². The number of amides is 2. The second kappa shape index (κ2) is 8.03. The van der Waals surface area contributed by atoms with E-state index < -0.39 is 0 Å². The summed E-state index contributed by atoms with van der Waals surface area (Å²) in [4.78, 5) is 13.5. The predicted molar refractivity (Wildman–Crippen MR) is 91.8 cm³/mol. The first kappa shape index (κ1) is 17.4. The number of benzene rings is 1. The van der Waals surface area contributed by atoms with E-state index in [0.717, 1.165) is 11.4 Å². The SMILES string of the molecule is CCC(c1ccccc1)c1nnc(NC(=O)N(C)C(C)CO)s1. The number of aliphatic hydroxyl groups is 1. The summed E-state index contributed by atoms with van der Waals surface area (Å²) in [5, 5.41) is 21.5. The number of hydrogen-bond acceptors (Lipinski definition) is 5. The Balaban J connectivity index is 2.09. The van der Waals surface area contributed by atoms with Crippen molar-refractivity contribution in [3.05, 3.63) is 40.9 Å². The monoisotopic (exact) mass is 334 g/mol. The number of aliphatic hydroxyl groups excluding tert-OH is 1. The van der Waals surface area contributed by atoms with E-state index in [-0.39, 0.29) is 24.6 Å². The molecule has 2 amide bonds. The zero-order chi connectivity index (χ0) is 16.8. The molecule has 2 unspecified atom stereocenters. The molecule has 7 heteroatoms. The molecule has 23 heavy (non-hydrogen) atoms. The average Bonchev–Trinajstić information content (AvgIpc) is 3.03. The van der Waals surface area contributed by atoms with Crippen molar-refractivity contribution in [2.75, 3.05) is 19.0 Å². The number of carbonyl (C=O) groups is 1. The van der Waals surface area contributed by atoms with Crippen molar-refractivity contribution in [2.45, 2.75) is 32.2 Å². The predicted octanol–water partition coefficient (Wildman–Crippen LogP) is 2.92. The number of likely N-dealkylation sites (N-methyl/N-ethyl adjacent to an activating group) is 1. The molecule has 2 N–H and O–H groups in total. The second-order valence-corrected chi connectivity index (χ2v) is 6.40. The minimum atomic E-state index is -0.304. The van der Waals surface area contributed by atoms with E-state index in [0.29, 0.717) is 5.13 Å². The van der Waals surface area contributed by atoms with Crippen LogP contribution in [0.1, 0.15) is 36.8 Å². The third-order valence-electron chi connectivity index (χ3n) is 3.81. The Kier molecular flexibility index (Phi) is 6.06. The first-order valence-corrected chi connectivity index (χ1v) is 8.41. The maximum absolute atomic E-state index is 12.1. The number of urea groups is 1. The van der Waals surface area contributed by atoms with Gasteiger partial charge in [0.2, 0.25) is 5.13 Å². The second-order valence-electron chi connectivity index (χ2n) is 5.39. The number of anilines is 1. The quantitative estimate of drug-likeness (QED) is 0.851. The van der Waals surface area contributed by atoms with E-state index in [1.54, 1.807) is 14.0 Å². The fourth-order valence-electron chi connectivity index (χ4n) is 2.17. The molecule has 2 aromatic rings. The summed E-state index contributed by atoms with van der Waals surface area (Å²) in [6.07, 6.45) is 0.911. The van der Waals surface area contributed by atoms with Crippen LogP contribution in [-0.2, 0) is 0 Å². The molecule has 0 saturated carbocycles. The molecule has 0 aliphatic heterocycles. The van der Waals surface area contributed by atoms with Crippen LogP contribution in [0.2, 0.25) is 0 Å². The third kappa shape index (κ3) is 4.27. The third-order valence-corrected chi connectivity index (χ3v) is 4.76. The molecule has 124 valence electrons. The highest BCUT2D eigenvalue weighted by molar-refractivity contribution is 7.15. The van der Waals surface area contributed by atoms with E-state index in [1.807, 2.05) is 18.2 Å². The largest absolute Gasteiger partial charge is 0.394 e. The van der Waals surface area contributed by atoms with Crippen molar-refractivity contribution < 1.29 is 9.90 Å². The molecule has 0 saturated heterocycles. The van der Waals surface area contributed by atoms with E-state index >= 15 is 0 Å². The normalized spacial score (nSPS) is 13.4. The summed E-state index contributed by atoms with van der Waals surface area (Å²) >= 11 is 1.38. The number of nitrogens with one attached hydrogen (secondary N) is 1. The Hall–Kier alpha value is -1.99. The van der Waals surface area contributed by atoms with Crippen molar-refractivity contribution in [2.24, 2.45) is 0 Å². The molecule has 1 aromatic heterocycles. The van der Waals surface area contributed by atoms with Gasteiger partial charge in [-0.15, -0.1) is 10.2 Å². The molecule has 0 fully saturated rings. The number of aromatic nitrogens is 2. The lowest BCUT2D eigenvalue weighted by Gasteiger charge is -2.22. The number of hydrogen-bond donors (Lipinski definition) is 2. The van der Waals surface area contributed by atoms with E-state index in [2.05, 4.69) is 34.6 Å². The highest BCUT2D eigenvalue weighted by atomic mass is 32.1. The fraction of sp³-hybridized carbons (Fsp3) is 0.438. The highest BCUT2D eigenvalue weighted by Gasteiger charge is 2.20. The van der Waals surface area contributed by atoms with Gasteiger partial charge in [0.1, 0.15) is 5.01 Å². The van der Waals surface area contributed by atoms with Crippen LogP contribution in [-0.4, -0.2) is 45.9 Å². The highest BCUT2D eigenvalue weighted by Crippen LogP contribution is 2.31.